The van der Waals surface area contributed by atoms with Gasteiger partial charge in [0.25, 0.3) is 0 Å². The molecule has 0 fully saturated rings. The zero-order valence-corrected chi connectivity index (χ0v) is 11.0. The van der Waals surface area contributed by atoms with Gasteiger partial charge in [0, 0.05) is 5.57 Å². The van der Waals surface area contributed by atoms with Crippen LogP contribution < -0.4 is 0 Å². The molecule has 0 bridgehead atoms. The third kappa shape index (κ3) is 8.48. The number of carbonyl (C=O) groups is 2. The van der Waals surface area contributed by atoms with Crippen LogP contribution in [0, 0.1) is 0 Å². The second kappa shape index (κ2) is 9.87. The predicted molar refractivity (Wildman–Crippen MR) is 65.5 cm³/mol. The SMILES string of the molecule is CCCCCC=C(C)C(=O)OCC(=O)OCC. The van der Waals surface area contributed by atoms with Gasteiger partial charge in [0.05, 0.1) is 6.61 Å². The van der Waals surface area contributed by atoms with E-state index in [4.69, 9.17) is 4.74 Å². The summed E-state index contributed by atoms with van der Waals surface area (Å²) in [7, 11) is 0. The van der Waals surface area contributed by atoms with Crippen molar-refractivity contribution >= 4 is 11.9 Å². The molecule has 0 saturated carbocycles. The van der Waals surface area contributed by atoms with Crippen LogP contribution in [0.3, 0.4) is 0 Å². The van der Waals surface area contributed by atoms with Gasteiger partial charge in [-0.2, -0.15) is 0 Å². The molecule has 0 atom stereocenters. The molecule has 0 aromatic heterocycles. The van der Waals surface area contributed by atoms with Crippen molar-refractivity contribution in [2.24, 2.45) is 0 Å². The summed E-state index contributed by atoms with van der Waals surface area (Å²) in [6.45, 7) is 5.51. The second-order valence-electron chi connectivity index (χ2n) is 3.76. The maximum absolute atomic E-state index is 11.4. The topological polar surface area (TPSA) is 52.6 Å². The normalized spacial score (nSPS) is 11.1. The van der Waals surface area contributed by atoms with E-state index in [0.29, 0.717) is 12.2 Å². The highest BCUT2D eigenvalue weighted by Crippen LogP contribution is 2.04. The van der Waals surface area contributed by atoms with Crippen molar-refractivity contribution in [2.75, 3.05) is 13.2 Å². The summed E-state index contributed by atoms with van der Waals surface area (Å²) in [5.41, 5.74) is 0.547. The Morgan fingerprint density at radius 3 is 2.41 bits per heavy atom. The third-order valence-electron chi connectivity index (χ3n) is 2.21. The number of allylic oxidation sites excluding steroid dienone is 1. The van der Waals surface area contributed by atoms with Gasteiger partial charge in [-0.15, -0.1) is 0 Å². The van der Waals surface area contributed by atoms with E-state index in [1.807, 2.05) is 6.08 Å². The standard InChI is InChI=1S/C13H22O4/c1-4-6-7-8-9-11(3)13(15)17-10-12(14)16-5-2/h9H,4-8,10H2,1-3H3. The smallest absolute Gasteiger partial charge is 0.344 e. The van der Waals surface area contributed by atoms with Crippen molar-refractivity contribution in [1.82, 2.24) is 0 Å². The van der Waals surface area contributed by atoms with Crippen LogP contribution in [0.5, 0.6) is 0 Å². The van der Waals surface area contributed by atoms with E-state index in [0.717, 1.165) is 25.7 Å². The average molecular weight is 242 g/mol. The number of hydrogen-bond acceptors (Lipinski definition) is 4. The molecular formula is C13H22O4. The number of ether oxygens (including phenoxy) is 2. The summed E-state index contributed by atoms with van der Waals surface area (Å²) >= 11 is 0. The molecule has 17 heavy (non-hydrogen) atoms. The lowest BCUT2D eigenvalue weighted by molar-refractivity contribution is -0.156. The van der Waals surface area contributed by atoms with Gasteiger partial charge in [0.2, 0.25) is 0 Å². The Balaban J connectivity index is 3.84. The molecule has 0 rings (SSSR count). The van der Waals surface area contributed by atoms with Crippen LogP contribution in [0.1, 0.15) is 46.5 Å². The van der Waals surface area contributed by atoms with Crippen LogP contribution >= 0.6 is 0 Å². The van der Waals surface area contributed by atoms with Crippen molar-refractivity contribution in [3.05, 3.63) is 11.6 Å². The highest BCUT2D eigenvalue weighted by Gasteiger charge is 2.09. The lowest BCUT2D eigenvalue weighted by atomic mass is 10.1. The fourth-order valence-corrected chi connectivity index (χ4v) is 1.24. The molecule has 0 aliphatic carbocycles. The highest BCUT2D eigenvalue weighted by molar-refractivity contribution is 5.89. The van der Waals surface area contributed by atoms with Crippen molar-refractivity contribution < 1.29 is 19.1 Å². The van der Waals surface area contributed by atoms with Crippen molar-refractivity contribution in [1.29, 1.82) is 0 Å². The molecule has 0 aromatic carbocycles. The quantitative estimate of drug-likeness (QED) is 0.373. The minimum atomic E-state index is -0.514. The van der Waals surface area contributed by atoms with Crippen LogP contribution in [0.25, 0.3) is 0 Å². The molecule has 0 spiro atoms. The summed E-state index contributed by atoms with van der Waals surface area (Å²) in [4.78, 5) is 22.4. The molecule has 0 aliphatic heterocycles. The maximum atomic E-state index is 11.4. The van der Waals surface area contributed by atoms with Crippen molar-refractivity contribution in [2.45, 2.75) is 46.5 Å². The van der Waals surface area contributed by atoms with Gasteiger partial charge in [0.1, 0.15) is 0 Å². The molecule has 0 radical (unpaired) electrons. The molecule has 0 heterocycles. The largest absolute Gasteiger partial charge is 0.463 e. The monoisotopic (exact) mass is 242 g/mol. The van der Waals surface area contributed by atoms with Crippen LogP contribution in [-0.4, -0.2) is 25.2 Å². The maximum Gasteiger partial charge on any atom is 0.344 e. The Hall–Kier alpha value is -1.32. The van der Waals surface area contributed by atoms with Crippen LogP contribution in [0.4, 0.5) is 0 Å². The van der Waals surface area contributed by atoms with Crippen LogP contribution in [0.15, 0.2) is 11.6 Å². The van der Waals surface area contributed by atoms with Gasteiger partial charge in [-0.05, 0) is 26.7 Å². The van der Waals surface area contributed by atoms with Crippen LogP contribution in [-0.2, 0) is 19.1 Å². The molecule has 0 amide bonds. The van der Waals surface area contributed by atoms with E-state index in [1.165, 1.54) is 0 Å². The number of hydrogen-bond donors (Lipinski definition) is 0. The molecular weight excluding hydrogens is 220 g/mol. The first kappa shape index (κ1) is 15.7. The van der Waals surface area contributed by atoms with E-state index in [2.05, 4.69) is 11.7 Å². The molecule has 0 unspecified atom stereocenters. The third-order valence-corrected chi connectivity index (χ3v) is 2.21. The first-order valence-electron chi connectivity index (χ1n) is 6.11. The Morgan fingerprint density at radius 2 is 1.82 bits per heavy atom. The molecule has 0 saturated heterocycles. The van der Waals surface area contributed by atoms with E-state index in [1.54, 1.807) is 13.8 Å². The Bertz CT molecular complexity index is 269. The van der Waals surface area contributed by atoms with Gasteiger partial charge in [-0.1, -0.05) is 25.8 Å². The van der Waals surface area contributed by atoms with Gasteiger partial charge < -0.3 is 9.47 Å². The average Bonchev–Trinajstić information content (AvgIpc) is 2.31. The summed E-state index contributed by atoms with van der Waals surface area (Å²) in [6, 6.07) is 0. The van der Waals surface area contributed by atoms with E-state index < -0.39 is 11.9 Å². The molecule has 0 aliphatic rings. The highest BCUT2D eigenvalue weighted by atomic mass is 16.6. The number of carbonyl (C=O) groups excluding carboxylic acids is 2. The summed E-state index contributed by atoms with van der Waals surface area (Å²) < 4.78 is 9.44. The molecule has 0 N–H and O–H groups in total. The number of rotatable bonds is 8. The van der Waals surface area contributed by atoms with Gasteiger partial charge in [-0.25, -0.2) is 9.59 Å². The lowest BCUT2D eigenvalue weighted by Crippen LogP contribution is -2.16. The predicted octanol–water partition coefficient (Wildman–Crippen LogP) is 2.62. The van der Waals surface area contributed by atoms with Crippen molar-refractivity contribution in [3.63, 3.8) is 0 Å². The summed E-state index contributed by atoms with van der Waals surface area (Å²) in [5, 5.41) is 0. The fraction of sp³-hybridized carbons (Fsp3) is 0.692. The Labute approximate surface area is 103 Å². The Kier molecular flexibility index (Phi) is 9.11. The first-order valence-corrected chi connectivity index (χ1v) is 6.11. The zero-order valence-electron chi connectivity index (χ0n) is 11.0. The summed E-state index contributed by atoms with van der Waals surface area (Å²) in [5.74, 6) is -0.964. The van der Waals surface area contributed by atoms with Gasteiger partial charge in [0.15, 0.2) is 6.61 Å². The number of esters is 2. The van der Waals surface area contributed by atoms with Crippen LogP contribution in [0.2, 0.25) is 0 Å². The van der Waals surface area contributed by atoms with E-state index in [-0.39, 0.29) is 6.61 Å². The van der Waals surface area contributed by atoms with Gasteiger partial charge >= 0.3 is 11.9 Å². The lowest BCUT2D eigenvalue weighted by Gasteiger charge is -2.04. The van der Waals surface area contributed by atoms with Gasteiger partial charge in [-0.3, -0.25) is 0 Å². The molecule has 98 valence electrons. The second-order valence-corrected chi connectivity index (χ2v) is 3.76. The van der Waals surface area contributed by atoms with Crippen molar-refractivity contribution in [3.8, 4) is 0 Å². The van der Waals surface area contributed by atoms with E-state index in [9.17, 15) is 9.59 Å². The number of unbranched alkanes of at least 4 members (excludes halogenated alkanes) is 3. The molecule has 0 aromatic rings. The molecule has 4 nitrogen and oxygen atoms in total. The van der Waals surface area contributed by atoms with E-state index >= 15 is 0 Å². The minimum absolute atomic E-state index is 0.294. The summed E-state index contributed by atoms with van der Waals surface area (Å²) in [6.07, 6.45) is 6.10. The minimum Gasteiger partial charge on any atom is -0.463 e. The molecule has 4 heteroatoms. The fourth-order valence-electron chi connectivity index (χ4n) is 1.24. The zero-order chi connectivity index (χ0) is 13.1. The first-order chi connectivity index (χ1) is 8.11. The Morgan fingerprint density at radius 1 is 1.12 bits per heavy atom.